The van der Waals surface area contributed by atoms with Gasteiger partial charge >= 0.3 is 5.97 Å². The molecule has 3 aliphatic rings. The second-order valence-corrected chi connectivity index (χ2v) is 6.82. The first-order valence-corrected chi connectivity index (χ1v) is 7.54. The number of carbonyl (C=O) groups excluding carboxylic acids is 1. The van der Waals surface area contributed by atoms with E-state index >= 15 is 0 Å². The van der Waals surface area contributed by atoms with Gasteiger partial charge in [0.2, 0.25) is 0 Å². The molecule has 1 aromatic rings. The topological polar surface area (TPSA) is 53.2 Å². The van der Waals surface area contributed by atoms with Gasteiger partial charge in [-0.25, -0.2) is 4.79 Å². The van der Waals surface area contributed by atoms with Crippen LogP contribution in [-0.4, -0.2) is 12.1 Å². The van der Waals surface area contributed by atoms with Crippen molar-refractivity contribution in [1.82, 2.24) is 0 Å². The molecular formula is C16H19NO3. The Labute approximate surface area is 118 Å². The summed E-state index contributed by atoms with van der Waals surface area (Å²) in [6, 6.07) is 3.03. The van der Waals surface area contributed by atoms with E-state index in [0.717, 1.165) is 24.7 Å². The van der Waals surface area contributed by atoms with Gasteiger partial charge in [0.15, 0.2) is 12.4 Å². The van der Waals surface area contributed by atoms with E-state index in [1.807, 2.05) is 0 Å². The number of ether oxygens (including phenoxy) is 1. The third-order valence-electron chi connectivity index (χ3n) is 5.68. The van der Waals surface area contributed by atoms with Gasteiger partial charge in [0.05, 0.1) is 5.56 Å². The molecule has 4 heteroatoms. The zero-order valence-electron chi connectivity index (χ0n) is 11.5. The van der Waals surface area contributed by atoms with Gasteiger partial charge in [-0.3, -0.25) is 0 Å². The average Bonchev–Trinajstić information content (AvgIpc) is 2.99. The molecular weight excluding hydrogens is 254 g/mol. The number of aromatic nitrogens is 1. The minimum absolute atomic E-state index is 0.0847. The van der Waals surface area contributed by atoms with Crippen molar-refractivity contribution in [3.05, 3.63) is 35.3 Å². The molecule has 1 heterocycles. The van der Waals surface area contributed by atoms with Gasteiger partial charge in [-0.05, 0) is 49.4 Å². The summed E-state index contributed by atoms with van der Waals surface area (Å²) in [5, 5.41) is 10.9. The van der Waals surface area contributed by atoms with E-state index in [2.05, 4.69) is 0 Å². The smallest absolute Gasteiger partial charge is 0.338 e. The summed E-state index contributed by atoms with van der Waals surface area (Å²) in [7, 11) is 0. The molecule has 2 unspecified atom stereocenters. The van der Waals surface area contributed by atoms with Crippen LogP contribution in [0.2, 0.25) is 0 Å². The first-order valence-electron chi connectivity index (χ1n) is 7.54. The first-order chi connectivity index (χ1) is 9.64. The van der Waals surface area contributed by atoms with Crippen LogP contribution in [0.3, 0.4) is 0 Å². The minimum Gasteiger partial charge on any atom is -0.619 e. The molecule has 106 valence electrons. The number of rotatable bonds is 2. The number of hydrogen-bond donors (Lipinski definition) is 0. The maximum atomic E-state index is 12.0. The zero-order valence-corrected chi connectivity index (χ0v) is 11.5. The highest BCUT2D eigenvalue weighted by atomic mass is 16.5. The maximum Gasteiger partial charge on any atom is 0.338 e. The van der Waals surface area contributed by atoms with E-state index in [-0.39, 0.29) is 12.1 Å². The van der Waals surface area contributed by atoms with Crippen LogP contribution in [-0.2, 0) is 4.74 Å². The van der Waals surface area contributed by atoms with Crippen molar-refractivity contribution >= 4 is 5.97 Å². The predicted molar refractivity (Wildman–Crippen MR) is 71.7 cm³/mol. The third kappa shape index (κ3) is 1.81. The molecule has 1 aromatic heterocycles. The number of pyridine rings is 1. The third-order valence-corrected chi connectivity index (χ3v) is 5.68. The van der Waals surface area contributed by atoms with Gasteiger partial charge in [-0.1, -0.05) is 6.42 Å². The number of fused-ring (bicyclic) bond motifs is 3. The van der Waals surface area contributed by atoms with Gasteiger partial charge in [0.25, 0.3) is 0 Å². The fourth-order valence-corrected chi connectivity index (χ4v) is 4.76. The highest BCUT2D eigenvalue weighted by Gasteiger charge is 2.58. The Hall–Kier alpha value is -1.58. The maximum absolute atomic E-state index is 12.0. The van der Waals surface area contributed by atoms with Crippen LogP contribution in [0.4, 0.5) is 0 Å². The summed E-state index contributed by atoms with van der Waals surface area (Å²) in [6.45, 7) is 0. The first kappa shape index (κ1) is 12.2. The molecule has 0 N–H and O–H groups in total. The van der Waals surface area contributed by atoms with E-state index < -0.39 is 0 Å². The highest BCUT2D eigenvalue weighted by Crippen LogP contribution is 2.65. The monoisotopic (exact) mass is 273 g/mol. The standard InChI is InChI=1S/C16H19NO3/c18-15(12-3-5-17(19)6-4-12)20-14-9-16(10-14)8-11-1-2-13(16)7-11/h3-6,11,13-14H,1-2,7-10H2. The SMILES string of the molecule is O=C(OC1CC2(CC3CCC2C3)C1)c1cc[n+]([O-])cc1. The van der Waals surface area contributed by atoms with E-state index in [1.165, 1.54) is 50.2 Å². The van der Waals surface area contributed by atoms with Crippen LogP contribution in [0.1, 0.15) is 48.9 Å². The Bertz CT molecular complexity index is 533. The molecule has 0 aromatic carbocycles. The molecule has 4 nitrogen and oxygen atoms in total. The van der Waals surface area contributed by atoms with Crippen LogP contribution in [0, 0.1) is 22.5 Å². The van der Waals surface area contributed by atoms with Crippen molar-refractivity contribution in [1.29, 1.82) is 0 Å². The van der Waals surface area contributed by atoms with E-state index in [1.54, 1.807) is 0 Å². The number of esters is 1. The largest absolute Gasteiger partial charge is 0.619 e. The molecule has 4 rings (SSSR count). The van der Waals surface area contributed by atoms with Crippen molar-refractivity contribution in [3.63, 3.8) is 0 Å². The Balaban J connectivity index is 1.35. The van der Waals surface area contributed by atoms with Crippen molar-refractivity contribution < 1.29 is 14.3 Å². The lowest BCUT2D eigenvalue weighted by Gasteiger charge is -2.50. The second-order valence-electron chi connectivity index (χ2n) is 6.82. The second kappa shape index (κ2) is 4.21. The molecule has 3 fully saturated rings. The summed E-state index contributed by atoms with van der Waals surface area (Å²) >= 11 is 0. The minimum atomic E-state index is -0.298. The quantitative estimate of drug-likeness (QED) is 0.472. The van der Waals surface area contributed by atoms with Crippen molar-refractivity contribution in [2.75, 3.05) is 0 Å². The molecule has 2 bridgehead atoms. The Morgan fingerprint density at radius 1 is 1.25 bits per heavy atom. The van der Waals surface area contributed by atoms with Crippen LogP contribution >= 0.6 is 0 Å². The summed E-state index contributed by atoms with van der Waals surface area (Å²) in [5.74, 6) is 1.53. The average molecular weight is 273 g/mol. The van der Waals surface area contributed by atoms with Crippen molar-refractivity contribution in [3.8, 4) is 0 Å². The Morgan fingerprint density at radius 3 is 2.60 bits per heavy atom. The van der Waals surface area contributed by atoms with Crippen LogP contribution < -0.4 is 4.73 Å². The van der Waals surface area contributed by atoms with Gasteiger partial charge in [-0.2, -0.15) is 4.73 Å². The Morgan fingerprint density at radius 2 is 2.00 bits per heavy atom. The molecule has 20 heavy (non-hydrogen) atoms. The summed E-state index contributed by atoms with van der Waals surface area (Å²) in [6.07, 6.45) is 10.4. The zero-order chi connectivity index (χ0) is 13.7. The van der Waals surface area contributed by atoms with Crippen LogP contribution in [0.15, 0.2) is 24.5 Å². The molecule has 0 saturated heterocycles. The molecule has 0 radical (unpaired) electrons. The van der Waals surface area contributed by atoms with Crippen molar-refractivity contribution in [2.45, 2.75) is 44.6 Å². The summed E-state index contributed by atoms with van der Waals surface area (Å²) < 4.78 is 6.23. The van der Waals surface area contributed by atoms with E-state index in [9.17, 15) is 10.0 Å². The fraction of sp³-hybridized carbons (Fsp3) is 0.625. The molecule has 0 amide bonds. The lowest BCUT2D eigenvalue weighted by Crippen LogP contribution is -2.46. The van der Waals surface area contributed by atoms with Gasteiger partial charge in [-0.15, -0.1) is 0 Å². The number of carbonyl (C=O) groups is 1. The molecule has 0 aliphatic heterocycles. The van der Waals surface area contributed by atoms with Gasteiger partial charge in [0.1, 0.15) is 6.10 Å². The van der Waals surface area contributed by atoms with Crippen LogP contribution in [0.25, 0.3) is 0 Å². The molecule has 3 aliphatic carbocycles. The number of hydrogen-bond acceptors (Lipinski definition) is 3. The summed E-state index contributed by atoms with van der Waals surface area (Å²) in [5.41, 5.74) is 0.966. The summed E-state index contributed by atoms with van der Waals surface area (Å²) in [4.78, 5) is 12.0. The number of nitrogens with zero attached hydrogens (tertiary/aromatic N) is 1. The fourth-order valence-electron chi connectivity index (χ4n) is 4.76. The highest BCUT2D eigenvalue weighted by molar-refractivity contribution is 5.89. The van der Waals surface area contributed by atoms with Crippen molar-refractivity contribution in [2.24, 2.45) is 17.3 Å². The van der Waals surface area contributed by atoms with E-state index in [4.69, 9.17) is 4.74 Å². The van der Waals surface area contributed by atoms with Gasteiger partial charge in [0, 0.05) is 12.1 Å². The predicted octanol–water partition coefficient (Wildman–Crippen LogP) is 2.45. The van der Waals surface area contributed by atoms with E-state index in [0.29, 0.717) is 15.7 Å². The Kier molecular flexibility index (Phi) is 2.56. The normalized spacial score (nSPS) is 37.9. The molecule has 1 spiro atoms. The van der Waals surface area contributed by atoms with Crippen LogP contribution in [0.5, 0.6) is 0 Å². The molecule has 3 saturated carbocycles. The lowest BCUT2D eigenvalue weighted by molar-refractivity contribution is -0.605. The lowest BCUT2D eigenvalue weighted by atomic mass is 9.58. The molecule has 2 atom stereocenters. The van der Waals surface area contributed by atoms with Gasteiger partial charge < -0.3 is 9.94 Å².